The van der Waals surface area contributed by atoms with Gasteiger partial charge in [0, 0.05) is 19.7 Å². The molecule has 0 spiro atoms. The van der Waals surface area contributed by atoms with E-state index in [-0.39, 0.29) is 16.2 Å². The Morgan fingerprint density at radius 1 is 1.29 bits per heavy atom. The average molecular weight is 216 g/mol. The van der Waals surface area contributed by atoms with Crippen LogP contribution in [0.25, 0.3) is 0 Å². The summed E-state index contributed by atoms with van der Waals surface area (Å²) in [6.45, 7) is 0. The molecule has 0 fully saturated rings. The smallest absolute Gasteiger partial charge is 0.150 e. The van der Waals surface area contributed by atoms with E-state index < -0.39 is 11.6 Å². The summed E-state index contributed by atoms with van der Waals surface area (Å²) in [6, 6.07) is 2.25. The second-order valence-corrected chi connectivity index (χ2v) is 3.49. The molecule has 1 rings (SSSR count). The normalized spacial score (nSPS) is 10.0. The summed E-state index contributed by atoms with van der Waals surface area (Å²) in [4.78, 5) is 1.33. The molecule has 0 unspecified atom stereocenters. The van der Waals surface area contributed by atoms with Crippen LogP contribution in [0.3, 0.4) is 0 Å². The highest BCUT2D eigenvalue weighted by Crippen LogP contribution is 2.22. The molecule has 0 heterocycles. The van der Waals surface area contributed by atoms with Crippen LogP contribution in [0.2, 0.25) is 0 Å². The van der Waals surface area contributed by atoms with Crippen molar-refractivity contribution in [1.82, 2.24) is 0 Å². The fourth-order valence-electron chi connectivity index (χ4n) is 1.14. The second kappa shape index (κ2) is 3.88. The van der Waals surface area contributed by atoms with Crippen LogP contribution in [0, 0.1) is 11.6 Å². The first-order valence-electron chi connectivity index (χ1n) is 3.89. The van der Waals surface area contributed by atoms with Gasteiger partial charge in [0.25, 0.3) is 0 Å². The molecule has 76 valence electrons. The van der Waals surface area contributed by atoms with Crippen LogP contribution in [-0.4, -0.2) is 19.1 Å². The SMILES string of the molecule is CN(C)c1c(F)cc(C(N)=S)cc1F. The van der Waals surface area contributed by atoms with E-state index in [4.69, 9.17) is 5.73 Å². The molecule has 5 heteroatoms. The van der Waals surface area contributed by atoms with E-state index >= 15 is 0 Å². The Morgan fingerprint density at radius 2 is 1.71 bits per heavy atom. The highest BCUT2D eigenvalue weighted by molar-refractivity contribution is 7.80. The monoisotopic (exact) mass is 216 g/mol. The lowest BCUT2D eigenvalue weighted by Crippen LogP contribution is -2.16. The Labute approximate surface area is 86.3 Å². The number of anilines is 1. The lowest BCUT2D eigenvalue weighted by molar-refractivity contribution is 0.581. The number of hydrogen-bond acceptors (Lipinski definition) is 2. The van der Waals surface area contributed by atoms with Crippen molar-refractivity contribution in [1.29, 1.82) is 0 Å². The van der Waals surface area contributed by atoms with Gasteiger partial charge in [-0.1, -0.05) is 12.2 Å². The number of nitrogens with two attached hydrogens (primary N) is 1. The highest BCUT2D eigenvalue weighted by atomic mass is 32.1. The molecule has 0 amide bonds. The quantitative estimate of drug-likeness (QED) is 0.762. The van der Waals surface area contributed by atoms with Gasteiger partial charge < -0.3 is 10.6 Å². The molecule has 0 saturated heterocycles. The van der Waals surface area contributed by atoms with Gasteiger partial charge in [-0.15, -0.1) is 0 Å². The Kier molecular flexibility index (Phi) is 3.00. The van der Waals surface area contributed by atoms with Gasteiger partial charge in [-0.25, -0.2) is 8.78 Å². The maximum absolute atomic E-state index is 13.3. The molecule has 0 bridgehead atoms. The predicted molar refractivity (Wildman–Crippen MR) is 56.6 cm³/mol. The molecule has 0 aliphatic carbocycles. The third kappa shape index (κ3) is 1.98. The minimum absolute atomic E-state index is 0.0203. The molecule has 0 aliphatic heterocycles. The van der Waals surface area contributed by atoms with Gasteiger partial charge >= 0.3 is 0 Å². The predicted octanol–water partition coefficient (Wildman–Crippen LogP) is 1.67. The molecule has 0 aliphatic rings. The second-order valence-electron chi connectivity index (χ2n) is 3.05. The van der Waals surface area contributed by atoms with E-state index in [1.54, 1.807) is 14.1 Å². The van der Waals surface area contributed by atoms with Crippen LogP contribution in [0.4, 0.5) is 14.5 Å². The summed E-state index contributed by atoms with van der Waals surface area (Å²) in [6.07, 6.45) is 0. The molecule has 1 aromatic carbocycles. The van der Waals surface area contributed by atoms with Gasteiger partial charge in [-0.05, 0) is 12.1 Å². The van der Waals surface area contributed by atoms with Gasteiger partial charge in [0.1, 0.15) is 22.3 Å². The zero-order valence-electron chi connectivity index (χ0n) is 7.84. The molecule has 14 heavy (non-hydrogen) atoms. The third-order valence-corrected chi connectivity index (χ3v) is 1.98. The zero-order chi connectivity index (χ0) is 10.9. The number of rotatable bonds is 2. The molecule has 0 aromatic heterocycles. The first kappa shape index (κ1) is 10.8. The average Bonchev–Trinajstić information content (AvgIpc) is 2.01. The summed E-state index contributed by atoms with van der Waals surface area (Å²) in [5.74, 6) is -1.34. The molecule has 0 saturated carbocycles. The van der Waals surface area contributed by atoms with Crippen molar-refractivity contribution in [3.63, 3.8) is 0 Å². The maximum Gasteiger partial charge on any atom is 0.150 e. The Balaban J connectivity index is 3.32. The standard InChI is InChI=1S/C9H10F2N2S/c1-13(2)8-6(10)3-5(9(12)14)4-7(8)11/h3-4H,1-2H3,(H2,12,14). The first-order valence-corrected chi connectivity index (χ1v) is 4.30. The summed E-state index contributed by atoms with van der Waals surface area (Å²) < 4.78 is 26.7. The molecule has 2 N–H and O–H groups in total. The number of nitrogens with zero attached hydrogens (tertiary/aromatic N) is 1. The Bertz CT molecular complexity index is 354. The molecule has 0 atom stereocenters. The van der Waals surface area contributed by atoms with Crippen molar-refractivity contribution in [2.45, 2.75) is 0 Å². The van der Waals surface area contributed by atoms with Crippen LogP contribution in [0.1, 0.15) is 5.56 Å². The van der Waals surface area contributed by atoms with Gasteiger partial charge in [-0.3, -0.25) is 0 Å². The van der Waals surface area contributed by atoms with Crippen LogP contribution < -0.4 is 10.6 Å². The van der Waals surface area contributed by atoms with Gasteiger partial charge in [0.2, 0.25) is 0 Å². The summed E-state index contributed by atoms with van der Waals surface area (Å²) in [5.41, 5.74) is 5.36. The minimum atomic E-state index is -0.669. The van der Waals surface area contributed by atoms with Gasteiger partial charge in [0.15, 0.2) is 0 Å². The highest BCUT2D eigenvalue weighted by Gasteiger charge is 2.13. The fourth-order valence-corrected chi connectivity index (χ4v) is 1.25. The van der Waals surface area contributed by atoms with Crippen LogP contribution >= 0.6 is 12.2 Å². The lowest BCUT2D eigenvalue weighted by atomic mass is 10.2. The van der Waals surface area contributed by atoms with E-state index in [1.807, 2.05) is 0 Å². The van der Waals surface area contributed by atoms with Crippen molar-refractivity contribution >= 4 is 22.9 Å². The minimum Gasteiger partial charge on any atom is -0.389 e. The van der Waals surface area contributed by atoms with E-state index in [1.165, 1.54) is 4.90 Å². The summed E-state index contributed by atoms with van der Waals surface area (Å²) >= 11 is 4.62. The Morgan fingerprint density at radius 3 is 2.00 bits per heavy atom. The van der Waals surface area contributed by atoms with E-state index in [0.29, 0.717) is 0 Å². The van der Waals surface area contributed by atoms with Crippen molar-refractivity contribution in [3.8, 4) is 0 Å². The molecular weight excluding hydrogens is 206 g/mol. The van der Waals surface area contributed by atoms with Crippen molar-refractivity contribution < 1.29 is 8.78 Å². The molecule has 1 aromatic rings. The van der Waals surface area contributed by atoms with Crippen molar-refractivity contribution in [2.24, 2.45) is 5.73 Å². The van der Waals surface area contributed by atoms with E-state index in [9.17, 15) is 8.78 Å². The third-order valence-electron chi connectivity index (χ3n) is 1.75. The van der Waals surface area contributed by atoms with Gasteiger partial charge in [0.05, 0.1) is 0 Å². The largest absolute Gasteiger partial charge is 0.389 e. The van der Waals surface area contributed by atoms with Gasteiger partial charge in [-0.2, -0.15) is 0 Å². The molecular formula is C9H10F2N2S. The summed E-state index contributed by atoms with van der Waals surface area (Å²) in [5, 5.41) is 0. The molecule has 2 nitrogen and oxygen atoms in total. The van der Waals surface area contributed by atoms with Crippen LogP contribution in [-0.2, 0) is 0 Å². The maximum atomic E-state index is 13.3. The van der Waals surface area contributed by atoms with Crippen molar-refractivity contribution in [3.05, 3.63) is 29.3 Å². The number of halogens is 2. The Hall–Kier alpha value is -1.23. The number of benzene rings is 1. The van der Waals surface area contributed by atoms with Crippen molar-refractivity contribution in [2.75, 3.05) is 19.0 Å². The van der Waals surface area contributed by atoms with E-state index in [0.717, 1.165) is 12.1 Å². The molecule has 0 radical (unpaired) electrons. The zero-order valence-corrected chi connectivity index (χ0v) is 8.66. The fraction of sp³-hybridized carbons (Fsp3) is 0.222. The van der Waals surface area contributed by atoms with E-state index in [2.05, 4.69) is 12.2 Å². The topological polar surface area (TPSA) is 29.3 Å². The number of thiocarbonyl (C=S) groups is 1. The first-order chi connectivity index (χ1) is 6.43. The summed E-state index contributed by atoms with van der Waals surface area (Å²) in [7, 11) is 3.11. The van der Waals surface area contributed by atoms with Crippen LogP contribution in [0.15, 0.2) is 12.1 Å². The lowest BCUT2D eigenvalue weighted by Gasteiger charge is -2.15. The van der Waals surface area contributed by atoms with Crippen LogP contribution in [0.5, 0.6) is 0 Å². The number of hydrogen-bond donors (Lipinski definition) is 1.